The number of nitrogens with two attached hydrogens (primary N) is 1. The highest BCUT2D eigenvalue weighted by molar-refractivity contribution is 9.10. The largest absolute Gasteiger partial charge is 0.373 e. The molecule has 22 heavy (non-hydrogen) atoms. The lowest BCUT2D eigenvalue weighted by Crippen LogP contribution is -2.13. The third-order valence-electron chi connectivity index (χ3n) is 3.22. The maximum Gasteiger partial charge on any atom is 0.293 e. The van der Waals surface area contributed by atoms with Crippen LogP contribution in [0.5, 0.6) is 0 Å². The van der Waals surface area contributed by atoms with Crippen molar-refractivity contribution in [3.8, 4) is 0 Å². The van der Waals surface area contributed by atoms with Crippen molar-refractivity contribution in [2.75, 3.05) is 5.32 Å². The van der Waals surface area contributed by atoms with E-state index in [4.69, 9.17) is 5.73 Å². The molecule has 7 heteroatoms. The summed E-state index contributed by atoms with van der Waals surface area (Å²) in [6.45, 7) is 1.90. The number of amides is 1. The van der Waals surface area contributed by atoms with Crippen LogP contribution < -0.4 is 11.1 Å². The molecule has 0 aliphatic carbocycles. The Morgan fingerprint density at radius 2 is 1.91 bits per heavy atom. The summed E-state index contributed by atoms with van der Waals surface area (Å²) in [6, 6.07) is 11.7. The first-order chi connectivity index (χ1) is 10.4. The summed E-state index contributed by atoms with van der Waals surface area (Å²) in [7, 11) is 0. The standard InChI is InChI=1S/C15H14BrN3O3/c1-9(10-2-5-12(16)6-3-10)18-13-7-4-11(15(17)20)8-14(13)19(21)22/h2-9,18H,1H3,(H2,17,20)/t9-/m1/s1. The molecule has 0 radical (unpaired) electrons. The zero-order valence-electron chi connectivity index (χ0n) is 11.7. The van der Waals surface area contributed by atoms with Crippen molar-refractivity contribution in [2.45, 2.75) is 13.0 Å². The predicted molar refractivity (Wildman–Crippen MR) is 87.8 cm³/mol. The number of hydrogen-bond donors (Lipinski definition) is 2. The van der Waals surface area contributed by atoms with E-state index < -0.39 is 10.8 Å². The summed E-state index contributed by atoms with van der Waals surface area (Å²) in [6.07, 6.45) is 0. The molecule has 0 saturated carbocycles. The van der Waals surface area contributed by atoms with Gasteiger partial charge < -0.3 is 11.1 Å². The first-order valence-corrected chi connectivity index (χ1v) is 7.28. The molecule has 6 nitrogen and oxygen atoms in total. The molecular formula is C15H14BrN3O3. The molecule has 114 valence electrons. The van der Waals surface area contributed by atoms with Crippen molar-refractivity contribution in [3.63, 3.8) is 0 Å². The number of nitro groups is 1. The first-order valence-electron chi connectivity index (χ1n) is 6.48. The molecular weight excluding hydrogens is 350 g/mol. The van der Waals surface area contributed by atoms with Crippen LogP contribution in [0.25, 0.3) is 0 Å². The van der Waals surface area contributed by atoms with Gasteiger partial charge in [0.2, 0.25) is 5.91 Å². The second-order valence-corrected chi connectivity index (χ2v) is 5.69. The second-order valence-electron chi connectivity index (χ2n) is 4.77. The summed E-state index contributed by atoms with van der Waals surface area (Å²) in [5.74, 6) is -0.699. The van der Waals surface area contributed by atoms with Crippen LogP contribution in [-0.4, -0.2) is 10.8 Å². The average Bonchev–Trinajstić information content (AvgIpc) is 2.47. The van der Waals surface area contributed by atoms with Crippen LogP contribution in [0.3, 0.4) is 0 Å². The SMILES string of the molecule is C[C@@H](Nc1ccc(C(N)=O)cc1[N+](=O)[O-])c1ccc(Br)cc1. The van der Waals surface area contributed by atoms with Gasteiger partial charge in [-0.25, -0.2) is 0 Å². The summed E-state index contributed by atoms with van der Waals surface area (Å²) < 4.78 is 0.959. The number of rotatable bonds is 5. The average molecular weight is 364 g/mol. The van der Waals surface area contributed by atoms with Gasteiger partial charge in [0.1, 0.15) is 5.69 Å². The molecule has 0 aromatic heterocycles. The summed E-state index contributed by atoms with van der Waals surface area (Å²) >= 11 is 3.36. The van der Waals surface area contributed by atoms with Gasteiger partial charge in [-0.05, 0) is 36.8 Å². The molecule has 0 aliphatic heterocycles. The fraction of sp³-hybridized carbons (Fsp3) is 0.133. The second kappa shape index (κ2) is 6.57. The maximum absolute atomic E-state index is 11.2. The van der Waals surface area contributed by atoms with Crippen molar-refractivity contribution in [2.24, 2.45) is 5.73 Å². The highest BCUT2D eigenvalue weighted by atomic mass is 79.9. The Kier molecular flexibility index (Phi) is 4.77. The quantitative estimate of drug-likeness (QED) is 0.625. The number of carbonyl (C=O) groups is 1. The molecule has 2 aromatic rings. The van der Waals surface area contributed by atoms with Crippen LogP contribution in [0.15, 0.2) is 46.9 Å². The lowest BCUT2D eigenvalue weighted by Gasteiger charge is -2.16. The molecule has 0 heterocycles. The Bertz CT molecular complexity index is 716. The van der Waals surface area contributed by atoms with Gasteiger partial charge in [-0.2, -0.15) is 0 Å². The lowest BCUT2D eigenvalue weighted by molar-refractivity contribution is -0.384. The molecule has 1 atom stereocenters. The Hall–Kier alpha value is -2.41. The Morgan fingerprint density at radius 3 is 2.45 bits per heavy atom. The van der Waals surface area contributed by atoms with Gasteiger partial charge >= 0.3 is 0 Å². The van der Waals surface area contributed by atoms with E-state index in [0.717, 1.165) is 10.0 Å². The Balaban J connectivity index is 2.30. The van der Waals surface area contributed by atoms with E-state index in [-0.39, 0.29) is 17.3 Å². The van der Waals surface area contributed by atoms with Gasteiger partial charge in [0.05, 0.1) is 4.92 Å². The number of anilines is 1. The highest BCUT2D eigenvalue weighted by Crippen LogP contribution is 2.29. The van der Waals surface area contributed by atoms with Gasteiger partial charge in [0, 0.05) is 22.1 Å². The molecule has 2 rings (SSSR count). The summed E-state index contributed by atoms with van der Waals surface area (Å²) in [5, 5.41) is 14.3. The Labute approximate surface area is 135 Å². The molecule has 1 amide bonds. The lowest BCUT2D eigenvalue weighted by atomic mass is 10.1. The van der Waals surface area contributed by atoms with Crippen molar-refractivity contribution in [3.05, 3.63) is 68.2 Å². The normalized spacial score (nSPS) is 11.7. The van der Waals surface area contributed by atoms with E-state index in [1.165, 1.54) is 18.2 Å². The molecule has 3 N–H and O–H groups in total. The molecule has 0 fully saturated rings. The third-order valence-corrected chi connectivity index (χ3v) is 3.75. The van der Waals surface area contributed by atoms with Crippen molar-refractivity contribution >= 4 is 33.2 Å². The van der Waals surface area contributed by atoms with E-state index >= 15 is 0 Å². The Morgan fingerprint density at radius 1 is 1.27 bits per heavy atom. The van der Waals surface area contributed by atoms with Crippen molar-refractivity contribution in [1.82, 2.24) is 0 Å². The topological polar surface area (TPSA) is 98.3 Å². The van der Waals surface area contributed by atoms with Crippen molar-refractivity contribution < 1.29 is 9.72 Å². The van der Waals surface area contributed by atoms with E-state index in [9.17, 15) is 14.9 Å². The number of hydrogen-bond acceptors (Lipinski definition) is 4. The molecule has 0 saturated heterocycles. The predicted octanol–water partition coefficient (Wildman–Crippen LogP) is 3.63. The van der Waals surface area contributed by atoms with E-state index in [2.05, 4.69) is 21.2 Å². The van der Waals surface area contributed by atoms with E-state index in [1.54, 1.807) is 0 Å². The molecule has 2 aromatic carbocycles. The van der Waals surface area contributed by atoms with Crippen LogP contribution in [-0.2, 0) is 0 Å². The molecule has 0 aliphatic rings. The third kappa shape index (κ3) is 3.62. The maximum atomic E-state index is 11.2. The van der Waals surface area contributed by atoms with Crippen LogP contribution in [0, 0.1) is 10.1 Å². The number of nitrogens with zero attached hydrogens (tertiary/aromatic N) is 1. The van der Waals surface area contributed by atoms with Gasteiger partial charge in [-0.15, -0.1) is 0 Å². The monoisotopic (exact) mass is 363 g/mol. The minimum absolute atomic E-state index is 0.105. The van der Waals surface area contributed by atoms with Gasteiger partial charge in [0.25, 0.3) is 5.69 Å². The molecule has 0 unspecified atom stereocenters. The van der Waals surface area contributed by atoms with Crippen molar-refractivity contribution in [1.29, 1.82) is 0 Å². The first kappa shape index (κ1) is 16.0. The van der Waals surface area contributed by atoms with Gasteiger partial charge in [-0.3, -0.25) is 14.9 Å². The van der Waals surface area contributed by atoms with Crippen LogP contribution in [0.1, 0.15) is 28.9 Å². The van der Waals surface area contributed by atoms with Crippen LogP contribution >= 0.6 is 15.9 Å². The minimum atomic E-state index is -0.699. The number of nitrogens with one attached hydrogen (secondary N) is 1. The van der Waals surface area contributed by atoms with Crippen LogP contribution in [0.4, 0.5) is 11.4 Å². The van der Waals surface area contributed by atoms with Crippen LogP contribution in [0.2, 0.25) is 0 Å². The van der Waals surface area contributed by atoms with E-state index in [1.807, 2.05) is 31.2 Å². The summed E-state index contributed by atoms with van der Waals surface area (Å²) in [5.41, 5.74) is 6.40. The fourth-order valence-corrected chi connectivity index (χ4v) is 2.29. The number of halogens is 1. The van der Waals surface area contributed by atoms with Gasteiger partial charge in [0.15, 0.2) is 0 Å². The smallest absolute Gasteiger partial charge is 0.293 e. The number of nitro benzene ring substituents is 1. The fourth-order valence-electron chi connectivity index (χ4n) is 2.03. The molecule has 0 spiro atoms. The number of benzene rings is 2. The molecule has 0 bridgehead atoms. The minimum Gasteiger partial charge on any atom is -0.373 e. The zero-order chi connectivity index (χ0) is 16.3. The number of carbonyl (C=O) groups excluding carboxylic acids is 1. The zero-order valence-corrected chi connectivity index (χ0v) is 13.3. The van der Waals surface area contributed by atoms with Gasteiger partial charge in [-0.1, -0.05) is 28.1 Å². The van der Waals surface area contributed by atoms with E-state index in [0.29, 0.717) is 5.69 Å². The highest BCUT2D eigenvalue weighted by Gasteiger charge is 2.18. The summed E-state index contributed by atoms with van der Waals surface area (Å²) in [4.78, 5) is 21.8. The number of primary amides is 1.